The lowest BCUT2D eigenvalue weighted by molar-refractivity contribution is 0.407. The van der Waals surface area contributed by atoms with Gasteiger partial charge >= 0.3 is 0 Å². The van der Waals surface area contributed by atoms with Gasteiger partial charge in [0, 0.05) is 9.75 Å². The van der Waals surface area contributed by atoms with Gasteiger partial charge in [-0.1, -0.05) is 12.1 Å². The molecule has 0 saturated carbocycles. The second-order valence-corrected chi connectivity index (χ2v) is 6.79. The molecule has 0 spiro atoms. The molecule has 0 amide bonds. The Morgan fingerprint density at radius 2 is 1.24 bits per heavy atom. The summed E-state index contributed by atoms with van der Waals surface area (Å²) in [6.45, 7) is 0. The van der Waals surface area contributed by atoms with E-state index in [1.165, 1.54) is 22.7 Å². The van der Waals surface area contributed by atoms with Crippen LogP contribution in [0.1, 0.15) is 0 Å². The van der Waals surface area contributed by atoms with Crippen molar-refractivity contribution >= 4 is 45.4 Å². The molecule has 0 bridgehead atoms. The number of aromatic hydroxyl groups is 2. The molecule has 0 aliphatic heterocycles. The van der Waals surface area contributed by atoms with Gasteiger partial charge in [-0.2, -0.15) is 8.75 Å². The zero-order chi connectivity index (χ0) is 14.4. The molecule has 0 fully saturated rings. The highest BCUT2D eigenvalue weighted by molar-refractivity contribution is 7.14. The summed E-state index contributed by atoms with van der Waals surface area (Å²) in [4.78, 5) is 1.72. The van der Waals surface area contributed by atoms with Crippen LogP contribution in [0.15, 0.2) is 35.0 Å². The maximum atomic E-state index is 10.5. The molecule has 0 aliphatic carbocycles. The topological polar surface area (TPSA) is 66.2 Å². The van der Waals surface area contributed by atoms with E-state index in [2.05, 4.69) is 8.75 Å². The number of hydrogen-bond acceptors (Lipinski definition) is 7. The Morgan fingerprint density at radius 1 is 0.762 bits per heavy atom. The van der Waals surface area contributed by atoms with E-state index in [-0.39, 0.29) is 11.5 Å². The van der Waals surface area contributed by atoms with Gasteiger partial charge in [-0.25, -0.2) is 0 Å². The van der Waals surface area contributed by atoms with Gasteiger partial charge in [-0.3, -0.25) is 0 Å². The number of nitrogens with zero attached hydrogens (tertiary/aromatic N) is 2. The summed E-state index contributed by atoms with van der Waals surface area (Å²) in [7, 11) is 0. The predicted molar refractivity (Wildman–Crippen MR) is 87.4 cm³/mol. The third kappa shape index (κ3) is 1.85. The molecule has 21 heavy (non-hydrogen) atoms. The number of fused-ring (bicyclic) bond motifs is 1. The minimum atomic E-state index is -0.138. The van der Waals surface area contributed by atoms with Crippen LogP contribution in [0.3, 0.4) is 0 Å². The molecule has 3 aromatic heterocycles. The molecule has 4 rings (SSSR count). The standard InChI is InChI=1S/C14H8N2O2S3/c17-13-9(7-3-1-5-19-7)11-12(16-21-15-11)10(14(13)18)8-4-2-6-20-8/h1-6,17-18H. The quantitative estimate of drug-likeness (QED) is 0.528. The number of hydrogen-bond donors (Lipinski definition) is 2. The molecule has 0 aliphatic rings. The van der Waals surface area contributed by atoms with E-state index in [4.69, 9.17) is 0 Å². The van der Waals surface area contributed by atoms with Gasteiger partial charge in [0.25, 0.3) is 0 Å². The Kier molecular flexibility index (Phi) is 2.91. The van der Waals surface area contributed by atoms with Gasteiger partial charge < -0.3 is 10.2 Å². The fourth-order valence-electron chi connectivity index (χ4n) is 2.29. The third-order valence-electron chi connectivity index (χ3n) is 3.20. The second kappa shape index (κ2) is 4.80. The maximum Gasteiger partial charge on any atom is 0.169 e. The van der Waals surface area contributed by atoms with E-state index in [0.29, 0.717) is 22.2 Å². The van der Waals surface area contributed by atoms with Crippen LogP contribution < -0.4 is 0 Å². The summed E-state index contributed by atoms with van der Waals surface area (Å²) in [5.41, 5.74) is 2.35. The average molecular weight is 332 g/mol. The molecule has 1 aromatic carbocycles. The largest absolute Gasteiger partial charge is 0.504 e. The molecule has 0 unspecified atom stereocenters. The van der Waals surface area contributed by atoms with Crippen LogP contribution in [-0.4, -0.2) is 19.0 Å². The van der Waals surface area contributed by atoms with Gasteiger partial charge in [0.1, 0.15) is 11.0 Å². The maximum absolute atomic E-state index is 10.5. The van der Waals surface area contributed by atoms with Gasteiger partial charge in [-0.15, -0.1) is 22.7 Å². The monoisotopic (exact) mass is 332 g/mol. The van der Waals surface area contributed by atoms with Gasteiger partial charge in [0.05, 0.1) is 22.9 Å². The average Bonchev–Trinajstić information content (AvgIpc) is 3.21. The molecule has 4 nitrogen and oxygen atoms in total. The Hall–Kier alpha value is -1.96. The summed E-state index contributed by atoms with van der Waals surface area (Å²) < 4.78 is 8.64. The Labute approximate surface area is 131 Å². The zero-order valence-electron chi connectivity index (χ0n) is 10.5. The van der Waals surface area contributed by atoms with E-state index in [1.807, 2.05) is 35.0 Å². The molecule has 3 heterocycles. The van der Waals surface area contributed by atoms with Gasteiger partial charge in [0.15, 0.2) is 11.5 Å². The molecule has 4 aromatic rings. The van der Waals surface area contributed by atoms with E-state index in [1.54, 1.807) is 0 Å². The Balaban J connectivity index is 2.14. The number of phenolic OH excluding ortho intramolecular Hbond substituents is 2. The summed E-state index contributed by atoms with van der Waals surface area (Å²) in [5.74, 6) is -0.276. The van der Waals surface area contributed by atoms with Crippen LogP contribution in [-0.2, 0) is 0 Å². The minimum Gasteiger partial charge on any atom is -0.504 e. The molecular formula is C14H8N2O2S3. The lowest BCUT2D eigenvalue weighted by Crippen LogP contribution is -1.86. The highest BCUT2D eigenvalue weighted by Crippen LogP contribution is 2.50. The predicted octanol–water partition coefficient (Wildman–Crippen LogP) is 4.56. The van der Waals surface area contributed by atoms with Crippen molar-refractivity contribution in [3.05, 3.63) is 35.0 Å². The molecule has 104 valence electrons. The summed E-state index contributed by atoms with van der Waals surface area (Å²) in [5, 5.41) is 24.8. The van der Waals surface area contributed by atoms with Crippen LogP contribution in [0.4, 0.5) is 0 Å². The molecule has 0 atom stereocenters. The van der Waals surface area contributed by atoms with Crippen molar-refractivity contribution < 1.29 is 10.2 Å². The third-order valence-corrected chi connectivity index (χ3v) is 5.50. The smallest absolute Gasteiger partial charge is 0.169 e. The minimum absolute atomic E-state index is 0.138. The fourth-order valence-corrected chi connectivity index (χ4v) is 4.39. The van der Waals surface area contributed by atoms with Crippen LogP contribution in [0.2, 0.25) is 0 Å². The molecular weight excluding hydrogens is 324 g/mol. The molecule has 7 heteroatoms. The lowest BCUT2D eigenvalue weighted by atomic mass is 10.0. The fraction of sp³-hybridized carbons (Fsp3) is 0. The first-order valence-electron chi connectivity index (χ1n) is 6.05. The number of rotatable bonds is 2. The lowest BCUT2D eigenvalue weighted by Gasteiger charge is -2.10. The van der Waals surface area contributed by atoms with Crippen LogP contribution in [0.5, 0.6) is 11.5 Å². The van der Waals surface area contributed by atoms with Crippen molar-refractivity contribution in [1.29, 1.82) is 0 Å². The SMILES string of the molecule is Oc1c(O)c(-c2cccs2)c2nsnc2c1-c1cccs1. The van der Waals surface area contributed by atoms with E-state index >= 15 is 0 Å². The van der Waals surface area contributed by atoms with Crippen molar-refractivity contribution in [2.75, 3.05) is 0 Å². The second-order valence-electron chi connectivity index (χ2n) is 4.36. The van der Waals surface area contributed by atoms with Crippen molar-refractivity contribution in [2.24, 2.45) is 0 Å². The highest BCUT2D eigenvalue weighted by Gasteiger charge is 2.24. The molecule has 0 radical (unpaired) electrons. The van der Waals surface area contributed by atoms with Crippen LogP contribution in [0.25, 0.3) is 31.9 Å². The van der Waals surface area contributed by atoms with E-state index in [0.717, 1.165) is 21.5 Å². The number of aromatic nitrogens is 2. The first-order valence-corrected chi connectivity index (χ1v) is 8.54. The van der Waals surface area contributed by atoms with Crippen molar-refractivity contribution in [3.63, 3.8) is 0 Å². The number of thiophene rings is 2. The highest BCUT2D eigenvalue weighted by atomic mass is 32.1. The van der Waals surface area contributed by atoms with Crippen LogP contribution >= 0.6 is 34.4 Å². The molecule has 2 N–H and O–H groups in total. The number of benzene rings is 1. The molecule has 0 saturated heterocycles. The Bertz CT molecular complexity index is 837. The summed E-state index contributed by atoms with van der Waals surface area (Å²) >= 11 is 4.06. The Morgan fingerprint density at radius 3 is 1.62 bits per heavy atom. The first kappa shape index (κ1) is 12.8. The normalized spacial score (nSPS) is 11.2. The van der Waals surface area contributed by atoms with E-state index in [9.17, 15) is 10.2 Å². The van der Waals surface area contributed by atoms with Crippen molar-refractivity contribution in [2.45, 2.75) is 0 Å². The summed E-state index contributed by atoms with van der Waals surface area (Å²) in [6, 6.07) is 7.58. The van der Waals surface area contributed by atoms with E-state index < -0.39 is 0 Å². The number of phenols is 2. The summed E-state index contributed by atoms with van der Waals surface area (Å²) in [6.07, 6.45) is 0. The van der Waals surface area contributed by atoms with Gasteiger partial charge in [0.2, 0.25) is 0 Å². The first-order chi connectivity index (χ1) is 10.3. The zero-order valence-corrected chi connectivity index (χ0v) is 12.9. The van der Waals surface area contributed by atoms with Gasteiger partial charge in [-0.05, 0) is 22.9 Å². The van der Waals surface area contributed by atoms with Crippen LogP contribution in [0, 0.1) is 0 Å². The van der Waals surface area contributed by atoms with Crippen molar-refractivity contribution in [1.82, 2.24) is 8.75 Å². The van der Waals surface area contributed by atoms with Crippen molar-refractivity contribution in [3.8, 4) is 32.4 Å².